The molecule has 0 aromatic carbocycles. The Morgan fingerprint density at radius 2 is 2.00 bits per heavy atom. The molecule has 0 N–H and O–H groups in total. The van der Waals surface area contributed by atoms with Crippen molar-refractivity contribution in [3.8, 4) is 0 Å². The Morgan fingerprint density at radius 3 is 2.56 bits per heavy atom. The van der Waals surface area contributed by atoms with E-state index in [0.29, 0.717) is 0 Å². The zero-order valence-electron chi connectivity index (χ0n) is 6.22. The van der Waals surface area contributed by atoms with Crippen LogP contribution in [0.15, 0.2) is 0 Å². The highest BCUT2D eigenvalue weighted by molar-refractivity contribution is 4.47. The Labute approximate surface area is 57.2 Å². The van der Waals surface area contributed by atoms with Crippen LogP contribution in [0.3, 0.4) is 0 Å². The van der Waals surface area contributed by atoms with Crippen LogP contribution in [0.4, 0.5) is 0 Å². The van der Waals surface area contributed by atoms with Crippen molar-refractivity contribution < 1.29 is 9.47 Å². The molecule has 0 aliphatic carbocycles. The summed E-state index contributed by atoms with van der Waals surface area (Å²) in [6.45, 7) is 8.07. The highest BCUT2D eigenvalue weighted by Crippen LogP contribution is 1.89. The second-order valence-corrected chi connectivity index (χ2v) is 1.61. The standard InChI is InChI=1S/C7H15O2/c1-3-8-6-5-7-9-4-2/h6H,3-5,7H2,1-2H3. The van der Waals surface area contributed by atoms with Crippen molar-refractivity contribution in [3.63, 3.8) is 0 Å². The van der Waals surface area contributed by atoms with Gasteiger partial charge in [0, 0.05) is 19.8 Å². The quantitative estimate of drug-likeness (QED) is 0.510. The maximum absolute atomic E-state index is 5.07. The summed E-state index contributed by atoms with van der Waals surface area (Å²) in [4.78, 5) is 0. The van der Waals surface area contributed by atoms with E-state index in [2.05, 4.69) is 0 Å². The molecule has 0 unspecified atom stereocenters. The van der Waals surface area contributed by atoms with E-state index in [4.69, 9.17) is 9.47 Å². The van der Waals surface area contributed by atoms with Crippen LogP contribution in [0.2, 0.25) is 0 Å². The van der Waals surface area contributed by atoms with Crippen molar-refractivity contribution in [2.45, 2.75) is 20.3 Å². The molecule has 0 heterocycles. The summed E-state index contributed by atoms with van der Waals surface area (Å²) < 4.78 is 10.0. The first-order chi connectivity index (χ1) is 4.41. The normalized spacial score (nSPS) is 10.0. The van der Waals surface area contributed by atoms with Gasteiger partial charge in [0.05, 0.1) is 6.61 Å². The van der Waals surface area contributed by atoms with Crippen LogP contribution < -0.4 is 0 Å². The van der Waals surface area contributed by atoms with Crippen LogP contribution in [0.5, 0.6) is 0 Å². The predicted octanol–water partition coefficient (Wildman–Crippen LogP) is 1.61. The maximum Gasteiger partial charge on any atom is 0.0859 e. The SMILES string of the molecule is CCO[CH]CCOCC. The van der Waals surface area contributed by atoms with Gasteiger partial charge in [0.15, 0.2) is 0 Å². The molecule has 0 atom stereocenters. The zero-order valence-corrected chi connectivity index (χ0v) is 6.22. The molecule has 0 aromatic rings. The second-order valence-electron chi connectivity index (χ2n) is 1.61. The van der Waals surface area contributed by atoms with E-state index in [1.807, 2.05) is 13.8 Å². The molecule has 0 saturated heterocycles. The smallest absolute Gasteiger partial charge is 0.0859 e. The molecule has 2 heteroatoms. The average molecular weight is 131 g/mol. The summed E-state index contributed by atoms with van der Waals surface area (Å²) in [5.74, 6) is 0. The van der Waals surface area contributed by atoms with E-state index in [9.17, 15) is 0 Å². The Balaban J connectivity index is 2.60. The van der Waals surface area contributed by atoms with E-state index in [1.54, 1.807) is 6.61 Å². The molecule has 0 aliphatic heterocycles. The fourth-order valence-corrected chi connectivity index (χ4v) is 0.477. The van der Waals surface area contributed by atoms with Crippen molar-refractivity contribution in [3.05, 3.63) is 6.61 Å². The van der Waals surface area contributed by atoms with Gasteiger partial charge in [0.1, 0.15) is 0 Å². The Bertz CT molecular complexity index is 40.2. The van der Waals surface area contributed by atoms with Gasteiger partial charge < -0.3 is 9.47 Å². The fraction of sp³-hybridized carbons (Fsp3) is 0.857. The number of hydrogen-bond donors (Lipinski definition) is 0. The van der Waals surface area contributed by atoms with Crippen LogP contribution in [-0.4, -0.2) is 19.8 Å². The molecular weight excluding hydrogens is 116 g/mol. The van der Waals surface area contributed by atoms with Crippen LogP contribution >= 0.6 is 0 Å². The minimum atomic E-state index is 0.756. The molecule has 0 spiro atoms. The number of rotatable bonds is 6. The van der Waals surface area contributed by atoms with Gasteiger partial charge in [-0.3, -0.25) is 0 Å². The van der Waals surface area contributed by atoms with Gasteiger partial charge in [0.2, 0.25) is 0 Å². The third kappa shape index (κ3) is 7.92. The zero-order chi connectivity index (χ0) is 6.95. The second kappa shape index (κ2) is 7.92. The van der Waals surface area contributed by atoms with Gasteiger partial charge in [-0.05, 0) is 20.3 Å². The van der Waals surface area contributed by atoms with Gasteiger partial charge in [-0.2, -0.15) is 0 Å². The molecule has 0 rings (SSSR count). The molecule has 0 amide bonds. The summed E-state index contributed by atoms with van der Waals surface area (Å²) >= 11 is 0. The first-order valence-corrected chi connectivity index (χ1v) is 3.42. The summed E-state index contributed by atoms with van der Waals surface area (Å²) in [6.07, 6.45) is 0.891. The van der Waals surface area contributed by atoms with Gasteiger partial charge in [-0.15, -0.1) is 0 Å². The molecule has 1 radical (unpaired) electrons. The molecular formula is C7H15O2. The first-order valence-electron chi connectivity index (χ1n) is 3.42. The van der Waals surface area contributed by atoms with Gasteiger partial charge in [-0.25, -0.2) is 0 Å². The topological polar surface area (TPSA) is 18.5 Å². The van der Waals surface area contributed by atoms with Crippen molar-refractivity contribution in [1.82, 2.24) is 0 Å². The molecule has 0 aliphatic rings. The van der Waals surface area contributed by atoms with Crippen LogP contribution in [0.25, 0.3) is 0 Å². The minimum Gasteiger partial charge on any atom is -0.382 e. The molecule has 0 bridgehead atoms. The average Bonchev–Trinajstić information content (AvgIpc) is 1.89. The molecule has 0 fully saturated rings. The Hall–Kier alpha value is -0.0800. The van der Waals surface area contributed by atoms with Crippen molar-refractivity contribution in [1.29, 1.82) is 0 Å². The number of ether oxygens (including phenoxy) is 2. The molecule has 9 heavy (non-hydrogen) atoms. The molecule has 2 nitrogen and oxygen atoms in total. The van der Waals surface area contributed by atoms with E-state index in [1.165, 1.54) is 0 Å². The highest BCUT2D eigenvalue weighted by Gasteiger charge is 1.85. The molecule has 0 aromatic heterocycles. The fourth-order valence-electron chi connectivity index (χ4n) is 0.477. The van der Waals surface area contributed by atoms with Crippen molar-refractivity contribution >= 4 is 0 Å². The van der Waals surface area contributed by atoms with Gasteiger partial charge in [-0.1, -0.05) is 0 Å². The lowest BCUT2D eigenvalue weighted by molar-refractivity contribution is 0.125. The lowest BCUT2D eigenvalue weighted by Gasteiger charge is -1.99. The number of hydrogen-bond acceptors (Lipinski definition) is 2. The lowest BCUT2D eigenvalue weighted by Crippen LogP contribution is -1.95. The molecule has 0 saturated carbocycles. The summed E-state index contributed by atoms with van der Waals surface area (Å²) in [7, 11) is 0. The lowest BCUT2D eigenvalue weighted by atomic mass is 10.5. The van der Waals surface area contributed by atoms with Crippen LogP contribution in [0, 0.1) is 6.61 Å². The van der Waals surface area contributed by atoms with E-state index in [-0.39, 0.29) is 0 Å². The Morgan fingerprint density at radius 1 is 1.22 bits per heavy atom. The van der Waals surface area contributed by atoms with E-state index < -0.39 is 0 Å². The van der Waals surface area contributed by atoms with Crippen LogP contribution in [-0.2, 0) is 9.47 Å². The van der Waals surface area contributed by atoms with Gasteiger partial charge >= 0.3 is 0 Å². The highest BCUT2D eigenvalue weighted by atomic mass is 16.5. The third-order valence-electron chi connectivity index (χ3n) is 0.869. The van der Waals surface area contributed by atoms with Gasteiger partial charge in [0.25, 0.3) is 0 Å². The predicted molar refractivity (Wildman–Crippen MR) is 37.0 cm³/mol. The van der Waals surface area contributed by atoms with E-state index in [0.717, 1.165) is 26.2 Å². The third-order valence-corrected chi connectivity index (χ3v) is 0.869. The maximum atomic E-state index is 5.07. The largest absolute Gasteiger partial charge is 0.382 e. The van der Waals surface area contributed by atoms with Crippen LogP contribution in [0.1, 0.15) is 20.3 Å². The monoisotopic (exact) mass is 131 g/mol. The molecule has 55 valence electrons. The van der Waals surface area contributed by atoms with Crippen molar-refractivity contribution in [2.24, 2.45) is 0 Å². The first kappa shape index (κ1) is 8.92. The Kier molecular flexibility index (Phi) is 7.85. The van der Waals surface area contributed by atoms with E-state index >= 15 is 0 Å². The summed E-state index contributed by atoms with van der Waals surface area (Å²) in [6, 6.07) is 0. The van der Waals surface area contributed by atoms with Crippen molar-refractivity contribution in [2.75, 3.05) is 19.8 Å². The minimum absolute atomic E-state index is 0.756. The summed E-state index contributed by atoms with van der Waals surface area (Å²) in [5, 5.41) is 0. The summed E-state index contributed by atoms with van der Waals surface area (Å²) in [5.41, 5.74) is 0.